The molecule has 0 atom stereocenters. The minimum Gasteiger partial charge on any atom is -0.402 e. The second kappa shape index (κ2) is 6.83. The van der Waals surface area contributed by atoms with E-state index in [2.05, 4.69) is 26.2 Å². The summed E-state index contributed by atoms with van der Waals surface area (Å²) in [7, 11) is 3.86. The van der Waals surface area contributed by atoms with Crippen molar-refractivity contribution >= 4 is 5.82 Å². The standard InChI is InChI=1S/C21H26F3N5O2/c1-28(5-6-30-2)19-10-20(11-19,12-19)29-9-15(27-18(29)13-3-4-13)14-7-16(17(25)26-8-14)31-21(22,23)24/h7-9,13H,3-6,10-12H2,1-2H3,(H2,25,26). The number of nitrogen functional groups attached to an aromatic ring is 1. The van der Waals surface area contributed by atoms with Gasteiger partial charge in [-0.25, -0.2) is 9.97 Å². The number of pyridine rings is 1. The van der Waals surface area contributed by atoms with Crippen LogP contribution in [0.25, 0.3) is 11.3 Å². The molecule has 2 aromatic heterocycles. The Morgan fingerprint density at radius 2 is 2.00 bits per heavy atom. The largest absolute Gasteiger partial charge is 0.573 e. The summed E-state index contributed by atoms with van der Waals surface area (Å²) in [5.74, 6) is 0.635. The number of imidazole rings is 1. The molecule has 4 fully saturated rings. The van der Waals surface area contributed by atoms with Gasteiger partial charge in [0.1, 0.15) is 5.82 Å². The lowest BCUT2D eigenvalue weighted by Gasteiger charge is -2.74. The zero-order valence-corrected chi connectivity index (χ0v) is 17.6. The molecule has 2 N–H and O–H groups in total. The first-order valence-electron chi connectivity index (χ1n) is 10.5. The van der Waals surface area contributed by atoms with Crippen LogP contribution in [0.2, 0.25) is 0 Å². The van der Waals surface area contributed by atoms with Crippen molar-refractivity contribution < 1.29 is 22.6 Å². The Morgan fingerprint density at radius 3 is 2.61 bits per heavy atom. The van der Waals surface area contributed by atoms with Crippen LogP contribution in [0.4, 0.5) is 19.0 Å². The van der Waals surface area contributed by atoms with Crippen LogP contribution in [0.3, 0.4) is 0 Å². The molecule has 31 heavy (non-hydrogen) atoms. The van der Waals surface area contributed by atoms with Crippen LogP contribution in [0, 0.1) is 0 Å². The van der Waals surface area contributed by atoms with E-state index in [4.69, 9.17) is 15.5 Å². The van der Waals surface area contributed by atoms with Gasteiger partial charge in [0.25, 0.3) is 0 Å². The van der Waals surface area contributed by atoms with E-state index >= 15 is 0 Å². The third kappa shape index (κ3) is 3.45. The second-order valence-electron chi connectivity index (χ2n) is 9.18. The highest BCUT2D eigenvalue weighted by Crippen LogP contribution is 2.68. The van der Waals surface area contributed by atoms with E-state index in [0.717, 1.165) is 44.5 Å². The maximum atomic E-state index is 12.7. The van der Waals surface area contributed by atoms with Gasteiger partial charge in [0, 0.05) is 43.1 Å². The maximum Gasteiger partial charge on any atom is 0.573 e. The Morgan fingerprint density at radius 1 is 1.29 bits per heavy atom. The Balaban J connectivity index is 1.41. The third-order valence-electron chi connectivity index (χ3n) is 7.00. The molecule has 0 saturated heterocycles. The quantitative estimate of drug-likeness (QED) is 0.681. The molecule has 0 aliphatic heterocycles. The highest BCUT2D eigenvalue weighted by Gasteiger charge is 2.71. The van der Waals surface area contributed by atoms with E-state index in [-0.39, 0.29) is 16.9 Å². The van der Waals surface area contributed by atoms with E-state index in [9.17, 15) is 13.2 Å². The van der Waals surface area contributed by atoms with Gasteiger partial charge in [0.05, 0.1) is 17.8 Å². The molecule has 2 aromatic rings. The van der Waals surface area contributed by atoms with Gasteiger partial charge >= 0.3 is 6.36 Å². The van der Waals surface area contributed by atoms with E-state index in [1.165, 1.54) is 12.3 Å². The van der Waals surface area contributed by atoms with Crippen molar-refractivity contribution in [3.8, 4) is 17.0 Å². The average molecular weight is 437 g/mol. The number of hydrogen-bond donors (Lipinski definition) is 1. The fourth-order valence-corrected chi connectivity index (χ4v) is 5.15. The number of methoxy groups -OCH3 is 1. The highest BCUT2D eigenvalue weighted by atomic mass is 19.4. The summed E-state index contributed by atoms with van der Waals surface area (Å²) in [6.45, 7) is 1.61. The molecule has 10 heteroatoms. The van der Waals surface area contributed by atoms with Crippen LogP contribution < -0.4 is 10.5 Å². The van der Waals surface area contributed by atoms with Gasteiger partial charge in [-0.2, -0.15) is 0 Å². The van der Waals surface area contributed by atoms with Gasteiger partial charge in [0.2, 0.25) is 0 Å². The summed E-state index contributed by atoms with van der Waals surface area (Å²) >= 11 is 0. The summed E-state index contributed by atoms with van der Waals surface area (Å²) in [5.41, 5.74) is 6.92. The number of halogens is 3. The number of hydrogen-bond acceptors (Lipinski definition) is 6. The summed E-state index contributed by atoms with van der Waals surface area (Å²) in [4.78, 5) is 11.1. The van der Waals surface area contributed by atoms with E-state index < -0.39 is 12.1 Å². The number of likely N-dealkylation sites (N-methyl/N-ethyl adjacent to an activating group) is 1. The van der Waals surface area contributed by atoms with E-state index in [1.807, 2.05) is 6.20 Å². The van der Waals surface area contributed by atoms with E-state index in [0.29, 0.717) is 23.8 Å². The molecule has 0 unspecified atom stereocenters. The van der Waals surface area contributed by atoms with Crippen molar-refractivity contribution in [2.75, 3.05) is 33.0 Å². The van der Waals surface area contributed by atoms with Crippen LogP contribution in [0.15, 0.2) is 18.5 Å². The molecule has 4 saturated carbocycles. The smallest absolute Gasteiger partial charge is 0.402 e. The van der Waals surface area contributed by atoms with Crippen LogP contribution in [-0.2, 0) is 10.3 Å². The van der Waals surface area contributed by atoms with Crippen molar-refractivity contribution in [1.82, 2.24) is 19.4 Å². The number of anilines is 1. The molecule has 0 spiro atoms. The Hall–Kier alpha value is -2.33. The predicted molar refractivity (Wildman–Crippen MR) is 108 cm³/mol. The van der Waals surface area contributed by atoms with Gasteiger partial charge in [-0.05, 0) is 45.2 Å². The fraction of sp³-hybridized carbons (Fsp3) is 0.619. The van der Waals surface area contributed by atoms with Gasteiger partial charge in [-0.1, -0.05) is 0 Å². The first-order chi connectivity index (χ1) is 14.6. The molecule has 2 bridgehead atoms. The highest BCUT2D eigenvalue weighted by molar-refractivity contribution is 5.64. The van der Waals surface area contributed by atoms with Crippen molar-refractivity contribution in [1.29, 1.82) is 0 Å². The monoisotopic (exact) mass is 437 g/mol. The van der Waals surface area contributed by atoms with Crippen molar-refractivity contribution in [3.05, 3.63) is 24.3 Å². The Kier molecular flexibility index (Phi) is 4.53. The minimum atomic E-state index is -4.83. The van der Waals surface area contributed by atoms with Gasteiger partial charge in [0.15, 0.2) is 11.6 Å². The number of nitrogens with zero attached hydrogens (tertiary/aromatic N) is 4. The summed E-state index contributed by atoms with van der Waals surface area (Å²) < 4.78 is 49.6. The molecule has 0 radical (unpaired) electrons. The Bertz CT molecular complexity index is 982. The van der Waals surface area contributed by atoms with Crippen LogP contribution in [0.1, 0.15) is 43.8 Å². The lowest BCUT2D eigenvalue weighted by atomic mass is 9.43. The fourth-order valence-electron chi connectivity index (χ4n) is 5.15. The van der Waals surface area contributed by atoms with Gasteiger partial charge < -0.3 is 19.8 Å². The molecule has 7 nitrogen and oxygen atoms in total. The summed E-state index contributed by atoms with van der Waals surface area (Å²) in [5, 5.41) is 0. The Labute approximate surface area is 178 Å². The first kappa shape index (κ1) is 20.6. The van der Waals surface area contributed by atoms with E-state index in [1.54, 1.807) is 7.11 Å². The lowest BCUT2D eigenvalue weighted by molar-refractivity contribution is -0.274. The molecule has 168 valence electrons. The van der Waals surface area contributed by atoms with Crippen LogP contribution in [-0.4, -0.2) is 58.6 Å². The summed E-state index contributed by atoms with van der Waals surface area (Å²) in [6, 6.07) is 1.27. The average Bonchev–Trinajstić information content (AvgIpc) is 3.38. The zero-order chi connectivity index (χ0) is 22.0. The lowest BCUT2D eigenvalue weighted by Crippen LogP contribution is -2.78. The second-order valence-corrected chi connectivity index (χ2v) is 9.18. The molecule has 0 amide bonds. The van der Waals surface area contributed by atoms with Crippen molar-refractivity contribution in [3.63, 3.8) is 0 Å². The van der Waals surface area contributed by atoms with Gasteiger partial charge in [-0.3, -0.25) is 4.90 Å². The number of rotatable bonds is 8. The molecule has 0 aromatic carbocycles. The van der Waals surface area contributed by atoms with Crippen molar-refractivity contribution in [2.45, 2.75) is 55.5 Å². The SMILES string of the molecule is COCCN(C)C12CC(n3cc(-c4cnc(N)c(OC(F)(F)F)c4)nc3C3CC3)(C1)C2. The molecular formula is C21H26F3N5O2. The number of aromatic nitrogens is 3. The van der Waals surface area contributed by atoms with Gasteiger partial charge in [-0.15, -0.1) is 13.2 Å². The number of ether oxygens (including phenoxy) is 2. The molecule has 2 heterocycles. The van der Waals surface area contributed by atoms with Crippen LogP contribution in [0.5, 0.6) is 5.75 Å². The minimum absolute atomic E-state index is 0.0526. The number of nitrogens with two attached hydrogens (primary N) is 1. The molecule has 6 rings (SSSR count). The van der Waals surface area contributed by atoms with Crippen LogP contribution >= 0.6 is 0 Å². The normalized spacial score (nSPS) is 27.2. The topological polar surface area (TPSA) is 78.4 Å². The zero-order valence-electron chi connectivity index (χ0n) is 17.6. The molecular weight excluding hydrogens is 411 g/mol. The first-order valence-corrected chi connectivity index (χ1v) is 10.5. The number of alkyl halides is 3. The molecule has 4 aliphatic rings. The maximum absolute atomic E-state index is 12.7. The third-order valence-corrected chi connectivity index (χ3v) is 7.00. The van der Waals surface area contributed by atoms with Crippen molar-refractivity contribution in [2.24, 2.45) is 0 Å². The summed E-state index contributed by atoms with van der Waals surface area (Å²) in [6.07, 6.45) is 3.93. The molecule has 4 aliphatic carbocycles. The predicted octanol–water partition coefficient (Wildman–Crippen LogP) is 3.51.